The van der Waals surface area contributed by atoms with Crippen molar-refractivity contribution in [2.45, 2.75) is 19.0 Å². The van der Waals surface area contributed by atoms with Gasteiger partial charge < -0.3 is 20.1 Å². The van der Waals surface area contributed by atoms with E-state index in [1.807, 2.05) is 11.9 Å². The van der Waals surface area contributed by atoms with Crippen LogP contribution in [-0.2, 0) is 6.54 Å². The Morgan fingerprint density at radius 1 is 1.33 bits per heavy atom. The van der Waals surface area contributed by atoms with Gasteiger partial charge in [0.15, 0.2) is 0 Å². The van der Waals surface area contributed by atoms with Crippen LogP contribution in [0.1, 0.15) is 22.6 Å². The Morgan fingerprint density at radius 3 is 2.85 bits per heavy atom. The summed E-state index contributed by atoms with van der Waals surface area (Å²) in [5.74, 6) is 2.26. The summed E-state index contributed by atoms with van der Waals surface area (Å²) in [5, 5.41) is 0. The molecule has 2 N–H and O–H groups in total. The summed E-state index contributed by atoms with van der Waals surface area (Å²) >= 11 is 0. The molecule has 1 unspecified atom stereocenters. The number of anilines is 1. The van der Waals surface area contributed by atoms with Gasteiger partial charge in [0.05, 0.1) is 26.3 Å². The molecule has 1 aromatic carbocycles. The zero-order valence-electron chi connectivity index (χ0n) is 15.9. The van der Waals surface area contributed by atoms with Gasteiger partial charge in [-0.15, -0.1) is 0 Å². The molecule has 27 heavy (non-hydrogen) atoms. The summed E-state index contributed by atoms with van der Waals surface area (Å²) in [6, 6.07) is 7.15. The Hall–Kier alpha value is -2.87. The number of hydrogen-bond donors (Lipinski definition) is 1. The van der Waals surface area contributed by atoms with Crippen molar-refractivity contribution in [3.8, 4) is 11.5 Å². The van der Waals surface area contributed by atoms with Crippen LogP contribution in [0.5, 0.6) is 11.5 Å². The van der Waals surface area contributed by atoms with E-state index in [9.17, 15) is 4.79 Å². The molecule has 8 heteroatoms. The highest BCUT2D eigenvalue weighted by molar-refractivity contribution is 5.97. The Morgan fingerprint density at radius 2 is 2.15 bits per heavy atom. The number of nitrogens with two attached hydrogens (primary N) is 1. The molecule has 2 heterocycles. The number of hydrogen-bond acceptors (Lipinski definition) is 7. The third-order valence-corrected chi connectivity index (χ3v) is 4.83. The van der Waals surface area contributed by atoms with E-state index in [0.29, 0.717) is 48.3 Å². The second-order valence-electron chi connectivity index (χ2n) is 6.57. The maximum absolute atomic E-state index is 13.0. The van der Waals surface area contributed by atoms with E-state index in [-0.39, 0.29) is 11.9 Å². The highest BCUT2D eigenvalue weighted by Gasteiger charge is 2.31. The highest BCUT2D eigenvalue weighted by Crippen LogP contribution is 2.27. The Kier molecular flexibility index (Phi) is 5.75. The topological polar surface area (TPSA) is 93.8 Å². The minimum absolute atomic E-state index is 0.0538. The lowest BCUT2D eigenvalue weighted by Crippen LogP contribution is -2.36. The lowest BCUT2D eigenvalue weighted by atomic mass is 10.1. The van der Waals surface area contributed by atoms with Crippen molar-refractivity contribution >= 4 is 11.7 Å². The van der Waals surface area contributed by atoms with E-state index in [1.165, 1.54) is 0 Å². The first-order chi connectivity index (χ1) is 13.0. The fourth-order valence-corrected chi connectivity index (χ4v) is 3.28. The van der Waals surface area contributed by atoms with E-state index < -0.39 is 0 Å². The van der Waals surface area contributed by atoms with Crippen LogP contribution in [0.4, 0.5) is 5.82 Å². The largest absolute Gasteiger partial charge is 0.497 e. The first-order valence-electron chi connectivity index (χ1n) is 8.80. The molecule has 0 spiro atoms. The predicted octanol–water partition coefficient (Wildman–Crippen LogP) is 1.42. The molecule has 144 valence electrons. The quantitative estimate of drug-likeness (QED) is 0.821. The van der Waals surface area contributed by atoms with Gasteiger partial charge in [-0.05, 0) is 37.7 Å². The first-order valence-corrected chi connectivity index (χ1v) is 8.80. The number of carbonyl (C=O) groups is 1. The molecule has 2 aromatic rings. The number of amides is 1. The number of likely N-dealkylation sites (N-methyl/N-ethyl adjacent to an activating group) is 1. The summed E-state index contributed by atoms with van der Waals surface area (Å²) in [6.45, 7) is 1.91. The fraction of sp³-hybridized carbons (Fsp3) is 0.421. The van der Waals surface area contributed by atoms with Crippen molar-refractivity contribution in [1.82, 2.24) is 19.8 Å². The van der Waals surface area contributed by atoms with Crippen LogP contribution in [-0.4, -0.2) is 66.1 Å². The minimum atomic E-state index is -0.0538. The third kappa shape index (κ3) is 4.28. The number of methoxy groups -OCH3 is 2. The zero-order chi connectivity index (χ0) is 19.4. The molecular formula is C19H25N5O3. The second kappa shape index (κ2) is 8.22. The summed E-state index contributed by atoms with van der Waals surface area (Å²) in [4.78, 5) is 25.5. The van der Waals surface area contributed by atoms with Crippen LogP contribution in [0.3, 0.4) is 0 Å². The molecule has 0 radical (unpaired) electrons. The fourth-order valence-electron chi connectivity index (χ4n) is 3.28. The molecular weight excluding hydrogens is 346 g/mol. The van der Waals surface area contributed by atoms with Crippen LogP contribution in [0.15, 0.2) is 30.5 Å². The summed E-state index contributed by atoms with van der Waals surface area (Å²) < 4.78 is 10.6. The summed E-state index contributed by atoms with van der Waals surface area (Å²) in [7, 11) is 5.15. The minimum Gasteiger partial charge on any atom is -0.497 e. The van der Waals surface area contributed by atoms with Gasteiger partial charge in [-0.1, -0.05) is 0 Å². The lowest BCUT2D eigenvalue weighted by Gasteiger charge is -2.24. The molecule has 3 rings (SSSR count). The van der Waals surface area contributed by atoms with Gasteiger partial charge in [0.25, 0.3) is 5.91 Å². The molecule has 0 saturated carbocycles. The monoisotopic (exact) mass is 371 g/mol. The normalized spacial score (nSPS) is 16.6. The van der Waals surface area contributed by atoms with Gasteiger partial charge >= 0.3 is 0 Å². The summed E-state index contributed by atoms with van der Waals surface area (Å²) in [5.41, 5.74) is 6.23. The van der Waals surface area contributed by atoms with Crippen molar-refractivity contribution < 1.29 is 14.3 Å². The Labute approximate surface area is 158 Å². The lowest BCUT2D eigenvalue weighted by molar-refractivity contribution is 0.0775. The van der Waals surface area contributed by atoms with Crippen LogP contribution in [0, 0.1) is 0 Å². The van der Waals surface area contributed by atoms with Gasteiger partial charge in [-0.25, -0.2) is 9.97 Å². The molecule has 1 atom stereocenters. The van der Waals surface area contributed by atoms with E-state index >= 15 is 0 Å². The smallest absolute Gasteiger partial charge is 0.257 e. The number of nitrogen functional groups attached to an aromatic ring is 1. The summed E-state index contributed by atoms with van der Waals surface area (Å²) in [6.07, 6.45) is 2.54. The number of nitrogens with zero attached hydrogens (tertiary/aromatic N) is 4. The van der Waals surface area contributed by atoms with E-state index in [2.05, 4.69) is 14.9 Å². The first kappa shape index (κ1) is 18.9. The molecule has 8 nitrogen and oxygen atoms in total. The maximum Gasteiger partial charge on any atom is 0.257 e. The Bertz CT molecular complexity index is 814. The van der Waals surface area contributed by atoms with Crippen LogP contribution < -0.4 is 15.2 Å². The van der Waals surface area contributed by atoms with Crippen molar-refractivity contribution in [3.05, 3.63) is 41.9 Å². The average Bonchev–Trinajstić information content (AvgIpc) is 3.17. The van der Waals surface area contributed by atoms with Crippen molar-refractivity contribution in [1.29, 1.82) is 0 Å². The van der Waals surface area contributed by atoms with Gasteiger partial charge in [0, 0.05) is 25.3 Å². The van der Waals surface area contributed by atoms with Gasteiger partial charge in [-0.2, -0.15) is 0 Å². The van der Waals surface area contributed by atoms with Gasteiger partial charge in [-0.3, -0.25) is 9.69 Å². The molecule has 1 aromatic heterocycles. The number of rotatable bonds is 6. The van der Waals surface area contributed by atoms with Gasteiger partial charge in [0.1, 0.15) is 23.1 Å². The highest BCUT2D eigenvalue weighted by atomic mass is 16.5. The number of aromatic nitrogens is 2. The van der Waals surface area contributed by atoms with Crippen molar-refractivity contribution in [2.75, 3.05) is 40.1 Å². The molecule has 1 aliphatic rings. The zero-order valence-corrected chi connectivity index (χ0v) is 15.9. The third-order valence-electron chi connectivity index (χ3n) is 4.83. The molecule has 1 saturated heterocycles. The molecule has 1 fully saturated rings. The van der Waals surface area contributed by atoms with Crippen LogP contribution in [0.25, 0.3) is 0 Å². The molecule has 1 amide bonds. The van der Waals surface area contributed by atoms with E-state index in [1.54, 1.807) is 44.7 Å². The molecule has 0 aliphatic carbocycles. The molecule has 0 bridgehead atoms. The molecule has 1 aliphatic heterocycles. The number of likely N-dealkylation sites (tertiary alicyclic amines) is 1. The number of carbonyl (C=O) groups excluding carboxylic acids is 1. The van der Waals surface area contributed by atoms with E-state index in [0.717, 1.165) is 6.42 Å². The Balaban J connectivity index is 1.67. The predicted molar refractivity (Wildman–Crippen MR) is 102 cm³/mol. The van der Waals surface area contributed by atoms with Crippen LogP contribution in [0.2, 0.25) is 0 Å². The number of ether oxygens (including phenoxy) is 2. The maximum atomic E-state index is 13.0. The number of benzene rings is 1. The standard InChI is InChI=1S/C19H25N5O3/c1-23(12-18-21-8-6-17(20)22-18)13-7-9-24(11-13)19(25)15-10-14(26-2)4-5-16(15)27-3/h4-6,8,10,13H,7,9,11-12H2,1-3H3,(H2,20,21,22). The van der Waals surface area contributed by atoms with Crippen molar-refractivity contribution in [3.63, 3.8) is 0 Å². The van der Waals surface area contributed by atoms with Gasteiger partial charge in [0.2, 0.25) is 0 Å². The second-order valence-corrected chi connectivity index (χ2v) is 6.57. The van der Waals surface area contributed by atoms with E-state index in [4.69, 9.17) is 15.2 Å². The SMILES string of the molecule is COc1ccc(OC)c(C(=O)N2CCC(N(C)Cc3nccc(N)n3)C2)c1. The average molecular weight is 371 g/mol. The van der Waals surface area contributed by atoms with Crippen LogP contribution >= 0.6 is 0 Å². The van der Waals surface area contributed by atoms with Crippen molar-refractivity contribution in [2.24, 2.45) is 0 Å².